The molecule has 7 nitrogen and oxygen atoms in total. The molecular formula is C36H34N3O4PS. The fourth-order valence-electron chi connectivity index (χ4n) is 4.93. The molecule has 45 heavy (non-hydrogen) atoms. The summed E-state index contributed by atoms with van der Waals surface area (Å²) in [4.78, 5) is 27.5. The van der Waals surface area contributed by atoms with Crippen LogP contribution in [0.15, 0.2) is 144 Å². The highest BCUT2D eigenvalue weighted by atomic mass is 32.1. The van der Waals surface area contributed by atoms with Gasteiger partial charge in [0.25, 0.3) is 0 Å². The van der Waals surface area contributed by atoms with Gasteiger partial charge in [-0.15, -0.1) is 11.3 Å². The lowest BCUT2D eigenvalue weighted by atomic mass is 10.1. The summed E-state index contributed by atoms with van der Waals surface area (Å²) in [6, 6.07) is 44.0. The highest BCUT2D eigenvalue weighted by molar-refractivity contribution is 7.87. The quantitative estimate of drug-likeness (QED) is 0.132. The highest BCUT2D eigenvalue weighted by Gasteiger charge is 2.32. The fraction of sp³-hybridized carbons (Fsp3) is 0.111. The number of thiophene rings is 1. The second-order valence-corrected chi connectivity index (χ2v) is 13.6. The minimum atomic E-state index is -2.81. The molecule has 0 spiro atoms. The van der Waals surface area contributed by atoms with Crippen LogP contribution >= 0.6 is 18.4 Å². The molecule has 0 unspecified atom stereocenters. The van der Waals surface area contributed by atoms with Crippen molar-refractivity contribution in [2.45, 2.75) is 13.8 Å². The molecule has 1 heterocycles. The van der Waals surface area contributed by atoms with Crippen LogP contribution in [0.1, 0.15) is 24.3 Å². The Morgan fingerprint density at radius 2 is 1.18 bits per heavy atom. The van der Waals surface area contributed by atoms with Gasteiger partial charge >= 0.3 is 12.2 Å². The number of rotatable bonds is 9. The van der Waals surface area contributed by atoms with Crippen molar-refractivity contribution in [3.05, 3.63) is 149 Å². The van der Waals surface area contributed by atoms with E-state index in [9.17, 15) is 9.59 Å². The largest absolute Gasteiger partial charge is 0.449 e. The molecule has 2 amide bonds. The van der Waals surface area contributed by atoms with Gasteiger partial charge in [-0.25, -0.2) is 15.0 Å². The maximum atomic E-state index is 13.7. The van der Waals surface area contributed by atoms with Gasteiger partial charge in [-0.2, -0.15) is 5.01 Å². The topological polar surface area (TPSA) is 80.2 Å². The third-order valence-electron chi connectivity index (χ3n) is 6.82. The Bertz CT molecular complexity index is 1680. The van der Waals surface area contributed by atoms with Gasteiger partial charge in [0, 0.05) is 21.5 Å². The predicted molar refractivity (Wildman–Crippen MR) is 184 cm³/mol. The van der Waals surface area contributed by atoms with Crippen LogP contribution in [0.4, 0.5) is 9.59 Å². The van der Waals surface area contributed by atoms with Gasteiger partial charge in [-0.3, -0.25) is 4.74 Å². The molecule has 0 radical (unpaired) electrons. The Kier molecular flexibility index (Phi) is 10.6. The molecule has 4 aromatic carbocycles. The monoisotopic (exact) mass is 635 g/mol. The van der Waals surface area contributed by atoms with Crippen molar-refractivity contribution in [1.29, 1.82) is 0 Å². The lowest BCUT2D eigenvalue weighted by Gasteiger charge is -2.30. The number of hydrazine groups is 1. The number of amides is 2. The Morgan fingerprint density at radius 1 is 0.689 bits per heavy atom. The normalized spacial score (nSPS) is 11.6. The van der Waals surface area contributed by atoms with E-state index in [4.69, 9.17) is 14.2 Å². The van der Waals surface area contributed by atoms with Crippen LogP contribution in [-0.4, -0.2) is 30.4 Å². The summed E-state index contributed by atoms with van der Waals surface area (Å²) in [5, 5.41) is 6.18. The summed E-state index contributed by atoms with van der Waals surface area (Å²) in [5.74, 6) is 0. The average molecular weight is 636 g/mol. The van der Waals surface area contributed by atoms with Gasteiger partial charge in [0.05, 0.1) is 25.1 Å². The molecule has 0 aliphatic carbocycles. The van der Waals surface area contributed by atoms with Crippen molar-refractivity contribution in [3.8, 4) is 0 Å². The van der Waals surface area contributed by atoms with E-state index in [0.29, 0.717) is 17.0 Å². The van der Waals surface area contributed by atoms with Crippen molar-refractivity contribution in [2.75, 3.05) is 13.2 Å². The fourth-order valence-corrected chi connectivity index (χ4v) is 9.27. The molecule has 0 aliphatic heterocycles. The van der Waals surface area contributed by atoms with Gasteiger partial charge in [-0.05, 0) is 25.3 Å². The number of hydrogen-bond acceptors (Lipinski definition) is 6. The number of benzene rings is 4. The maximum Gasteiger partial charge on any atom is 0.433 e. The first-order valence-corrected chi connectivity index (χ1v) is 17.2. The SMILES string of the molecule is CCOC(=O)NN(C(=O)OCC)/C(=C(/N=P(c1ccccc1)(c1ccccc1)c1ccccc1)c1cccs1)c1ccccc1. The zero-order valence-electron chi connectivity index (χ0n) is 25.1. The first-order valence-electron chi connectivity index (χ1n) is 14.6. The standard InChI is InChI=1S/C36H34N3O4PS/c1-3-42-35(40)37-39(36(41)43-4-2)34(28-18-9-5-10-19-28)33(32-26-17-27-45-32)38-44(29-20-11-6-12-21-29,30-22-13-7-14-23-30)31-24-15-8-16-25-31/h5-27H,3-4H2,1-2H3,(H,37,40)/b34-33+. The van der Waals surface area contributed by atoms with E-state index in [2.05, 4.69) is 41.8 Å². The number of carbonyl (C=O) groups excluding carboxylic acids is 2. The highest BCUT2D eigenvalue weighted by Crippen LogP contribution is 2.51. The van der Waals surface area contributed by atoms with Crippen LogP contribution in [0.3, 0.4) is 0 Å². The van der Waals surface area contributed by atoms with E-state index in [1.165, 1.54) is 11.3 Å². The molecule has 5 rings (SSSR count). The van der Waals surface area contributed by atoms with Crippen molar-refractivity contribution < 1.29 is 19.1 Å². The predicted octanol–water partition coefficient (Wildman–Crippen LogP) is 7.87. The summed E-state index contributed by atoms with van der Waals surface area (Å²) in [7, 11) is -2.81. The molecule has 0 fully saturated rings. The Labute approximate surface area is 267 Å². The van der Waals surface area contributed by atoms with Crippen molar-refractivity contribution in [1.82, 2.24) is 10.4 Å². The van der Waals surface area contributed by atoms with Crippen molar-refractivity contribution >= 4 is 57.9 Å². The number of ether oxygens (including phenoxy) is 2. The maximum absolute atomic E-state index is 13.7. The smallest absolute Gasteiger partial charge is 0.433 e. The lowest BCUT2D eigenvalue weighted by molar-refractivity contribution is 0.0960. The Hall–Kier alpha value is -4.91. The molecule has 5 aromatic rings. The summed E-state index contributed by atoms with van der Waals surface area (Å²) < 4.78 is 16.5. The van der Waals surface area contributed by atoms with Crippen molar-refractivity contribution in [3.63, 3.8) is 0 Å². The van der Waals surface area contributed by atoms with E-state index >= 15 is 0 Å². The lowest BCUT2D eigenvalue weighted by Crippen LogP contribution is -2.45. The summed E-state index contributed by atoms with van der Waals surface area (Å²) in [6.07, 6.45) is -1.56. The summed E-state index contributed by atoms with van der Waals surface area (Å²) >= 11 is 1.50. The molecule has 0 saturated carbocycles. The molecular weight excluding hydrogens is 601 g/mol. The van der Waals surface area contributed by atoms with Crippen molar-refractivity contribution in [2.24, 2.45) is 4.74 Å². The zero-order valence-corrected chi connectivity index (χ0v) is 26.8. The van der Waals surface area contributed by atoms with E-state index < -0.39 is 19.2 Å². The number of nitrogens with one attached hydrogen (secondary N) is 1. The zero-order chi connectivity index (χ0) is 31.5. The van der Waals surface area contributed by atoms with E-state index in [0.717, 1.165) is 25.8 Å². The van der Waals surface area contributed by atoms with E-state index in [-0.39, 0.29) is 13.2 Å². The van der Waals surface area contributed by atoms with E-state index in [1.54, 1.807) is 13.8 Å². The summed E-state index contributed by atoms with van der Waals surface area (Å²) in [5.41, 5.74) is 4.18. The average Bonchev–Trinajstić information content (AvgIpc) is 3.63. The second kappa shape index (κ2) is 15.2. The van der Waals surface area contributed by atoms with Crippen LogP contribution in [0.25, 0.3) is 11.4 Å². The van der Waals surface area contributed by atoms with Crippen LogP contribution in [0, 0.1) is 0 Å². The minimum absolute atomic E-state index is 0.0996. The molecule has 0 bridgehead atoms. The molecule has 0 aliphatic rings. The first-order chi connectivity index (χ1) is 22.1. The molecule has 228 valence electrons. The first kappa shape index (κ1) is 31.5. The molecule has 1 N–H and O–H groups in total. The second-order valence-electron chi connectivity index (χ2n) is 9.65. The Balaban J connectivity index is 1.99. The third-order valence-corrected chi connectivity index (χ3v) is 11.3. The summed E-state index contributed by atoms with van der Waals surface area (Å²) in [6.45, 7) is 3.64. The molecule has 0 atom stereocenters. The number of hydrogen-bond donors (Lipinski definition) is 1. The minimum Gasteiger partial charge on any atom is -0.449 e. The van der Waals surface area contributed by atoms with Crippen LogP contribution in [-0.2, 0) is 9.47 Å². The Morgan fingerprint density at radius 3 is 1.62 bits per heavy atom. The third kappa shape index (κ3) is 7.09. The molecule has 0 saturated heterocycles. The van der Waals surface area contributed by atoms with Gasteiger partial charge in [0.15, 0.2) is 0 Å². The van der Waals surface area contributed by atoms with E-state index in [1.807, 2.05) is 102 Å². The molecule has 1 aromatic heterocycles. The van der Waals surface area contributed by atoms with Gasteiger partial charge in [0.2, 0.25) is 0 Å². The van der Waals surface area contributed by atoms with Gasteiger partial charge in [0.1, 0.15) is 11.4 Å². The number of nitrogens with zero attached hydrogens (tertiary/aromatic N) is 2. The molecule has 9 heteroatoms. The van der Waals surface area contributed by atoms with Crippen LogP contribution in [0.2, 0.25) is 0 Å². The van der Waals surface area contributed by atoms with Gasteiger partial charge < -0.3 is 9.47 Å². The van der Waals surface area contributed by atoms with Crippen LogP contribution < -0.4 is 21.3 Å². The van der Waals surface area contributed by atoms with Gasteiger partial charge in [-0.1, -0.05) is 127 Å². The van der Waals surface area contributed by atoms with Crippen LogP contribution in [0.5, 0.6) is 0 Å². The number of carbonyl (C=O) groups is 2.